The molecule has 0 unspecified atom stereocenters. The molecule has 0 bridgehead atoms. The van der Waals surface area contributed by atoms with Crippen molar-refractivity contribution in [3.05, 3.63) is 70.9 Å². The molecular weight excluding hydrogens is 310 g/mol. The third-order valence-corrected chi connectivity index (χ3v) is 4.04. The summed E-state index contributed by atoms with van der Waals surface area (Å²) in [5.41, 5.74) is 5.28. The number of hydrogen-bond donors (Lipinski definition) is 1. The second kappa shape index (κ2) is 9.07. The summed E-state index contributed by atoms with van der Waals surface area (Å²) in [5.74, 6) is 0.771. The highest BCUT2D eigenvalue weighted by atomic mass is 16.5. The molecule has 2 rings (SSSR count). The molecule has 25 heavy (non-hydrogen) atoms. The van der Waals surface area contributed by atoms with Gasteiger partial charge in [0.15, 0.2) is 5.78 Å². The second-order valence-corrected chi connectivity index (χ2v) is 6.34. The predicted octanol–water partition coefficient (Wildman–Crippen LogP) is 5.60. The minimum atomic E-state index is -0.0324. The maximum Gasteiger partial charge on any atom is 0.187 e. The topological polar surface area (TPSA) is 38.3 Å². The summed E-state index contributed by atoms with van der Waals surface area (Å²) in [6.07, 6.45) is 5.41. The zero-order valence-corrected chi connectivity index (χ0v) is 15.6. The number of carbonyl (C=O) groups is 1. The molecule has 0 fully saturated rings. The van der Waals surface area contributed by atoms with Crippen molar-refractivity contribution < 1.29 is 9.53 Å². The molecule has 0 aliphatic rings. The van der Waals surface area contributed by atoms with Gasteiger partial charge in [0.2, 0.25) is 0 Å². The standard InChI is InChI=1S/C22H27NO2/c1-5-6-13-25-20-9-7-19(8-10-20)21(24)11-12-23-22-17(3)14-16(2)15-18(22)4/h7-12,14-15,23H,5-6,13H2,1-4H3/b12-11+. The maximum absolute atomic E-state index is 12.3. The number of benzene rings is 2. The summed E-state index contributed by atoms with van der Waals surface area (Å²) >= 11 is 0. The number of ketones is 1. The number of allylic oxidation sites excluding steroid dienone is 1. The van der Waals surface area contributed by atoms with Crippen molar-refractivity contribution >= 4 is 11.5 Å². The second-order valence-electron chi connectivity index (χ2n) is 6.34. The third kappa shape index (κ3) is 5.49. The van der Waals surface area contributed by atoms with Crippen molar-refractivity contribution in [1.82, 2.24) is 0 Å². The molecule has 0 atom stereocenters. The Balaban J connectivity index is 1.96. The fraction of sp³-hybridized carbons (Fsp3) is 0.318. The highest BCUT2D eigenvalue weighted by Crippen LogP contribution is 2.22. The van der Waals surface area contributed by atoms with Crippen LogP contribution in [0.5, 0.6) is 5.75 Å². The fourth-order valence-electron chi connectivity index (χ4n) is 2.75. The van der Waals surface area contributed by atoms with Crippen LogP contribution in [0.25, 0.3) is 0 Å². The Hall–Kier alpha value is -2.55. The van der Waals surface area contributed by atoms with E-state index in [1.54, 1.807) is 24.4 Å². The number of hydrogen-bond acceptors (Lipinski definition) is 3. The van der Waals surface area contributed by atoms with E-state index in [1.807, 2.05) is 12.1 Å². The highest BCUT2D eigenvalue weighted by Gasteiger charge is 2.04. The van der Waals surface area contributed by atoms with Gasteiger partial charge < -0.3 is 10.1 Å². The van der Waals surface area contributed by atoms with Crippen LogP contribution in [0.15, 0.2) is 48.7 Å². The van der Waals surface area contributed by atoms with Crippen LogP contribution in [-0.2, 0) is 0 Å². The van der Waals surface area contributed by atoms with E-state index in [-0.39, 0.29) is 5.78 Å². The van der Waals surface area contributed by atoms with Crippen LogP contribution in [0.1, 0.15) is 46.8 Å². The summed E-state index contributed by atoms with van der Waals surface area (Å²) in [7, 11) is 0. The molecule has 0 saturated heterocycles. The molecule has 0 radical (unpaired) electrons. The Kier molecular flexibility index (Phi) is 6.81. The Bertz CT molecular complexity index is 722. The van der Waals surface area contributed by atoms with Gasteiger partial charge >= 0.3 is 0 Å². The van der Waals surface area contributed by atoms with E-state index in [4.69, 9.17) is 4.74 Å². The quantitative estimate of drug-likeness (QED) is 0.387. The van der Waals surface area contributed by atoms with Crippen molar-refractivity contribution in [2.24, 2.45) is 0 Å². The zero-order valence-electron chi connectivity index (χ0n) is 15.6. The lowest BCUT2D eigenvalue weighted by molar-refractivity contribution is 0.104. The number of nitrogens with one attached hydrogen (secondary N) is 1. The minimum Gasteiger partial charge on any atom is -0.494 e. The molecule has 0 amide bonds. The molecule has 3 heteroatoms. The van der Waals surface area contributed by atoms with Crippen molar-refractivity contribution in [3.63, 3.8) is 0 Å². The van der Waals surface area contributed by atoms with Gasteiger partial charge in [-0.05, 0) is 62.6 Å². The van der Waals surface area contributed by atoms with E-state index in [2.05, 4.69) is 45.1 Å². The molecule has 0 aliphatic heterocycles. The smallest absolute Gasteiger partial charge is 0.187 e. The molecule has 0 aliphatic carbocycles. The lowest BCUT2D eigenvalue weighted by Gasteiger charge is -2.10. The van der Waals surface area contributed by atoms with Crippen LogP contribution >= 0.6 is 0 Å². The molecule has 0 spiro atoms. The molecule has 2 aromatic rings. The largest absolute Gasteiger partial charge is 0.494 e. The number of ether oxygens (including phenoxy) is 1. The van der Waals surface area contributed by atoms with E-state index in [0.717, 1.165) is 24.3 Å². The zero-order chi connectivity index (χ0) is 18.2. The van der Waals surface area contributed by atoms with Gasteiger partial charge in [-0.15, -0.1) is 0 Å². The van der Waals surface area contributed by atoms with E-state index < -0.39 is 0 Å². The first kappa shape index (κ1) is 18.8. The Morgan fingerprint density at radius 1 is 1.08 bits per heavy atom. The van der Waals surface area contributed by atoms with Gasteiger partial charge in [0.25, 0.3) is 0 Å². The third-order valence-electron chi connectivity index (χ3n) is 4.04. The van der Waals surface area contributed by atoms with Gasteiger partial charge in [0.1, 0.15) is 5.75 Å². The van der Waals surface area contributed by atoms with E-state index >= 15 is 0 Å². The van der Waals surface area contributed by atoms with Crippen molar-refractivity contribution in [1.29, 1.82) is 0 Å². The predicted molar refractivity (Wildman–Crippen MR) is 105 cm³/mol. The summed E-state index contributed by atoms with van der Waals surface area (Å²) in [6.45, 7) is 9.05. The van der Waals surface area contributed by atoms with Crippen molar-refractivity contribution in [2.45, 2.75) is 40.5 Å². The highest BCUT2D eigenvalue weighted by molar-refractivity contribution is 6.04. The normalized spacial score (nSPS) is 10.9. The van der Waals surface area contributed by atoms with Crippen LogP contribution in [0.4, 0.5) is 5.69 Å². The first-order valence-electron chi connectivity index (χ1n) is 8.79. The molecule has 0 aromatic heterocycles. The number of rotatable bonds is 8. The molecular formula is C22H27NO2. The SMILES string of the molecule is CCCCOc1ccc(C(=O)/C=C/Nc2c(C)cc(C)cc2C)cc1. The van der Waals surface area contributed by atoms with Crippen molar-refractivity contribution in [3.8, 4) is 5.75 Å². The molecule has 132 valence electrons. The Morgan fingerprint density at radius 3 is 2.32 bits per heavy atom. The summed E-state index contributed by atoms with van der Waals surface area (Å²) in [6, 6.07) is 11.5. The minimum absolute atomic E-state index is 0.0324. The molecule has 1 N–H and O–H groups in total. The Labute approximate surface area is 150 Å². The van der Waals surface area contributed by atoms with Crippen LogP contribution in [0, 0.1) is 20.8 Å². The Morgan fingerprint density at radius 2 is 1.72 bits per heavy atom. The van der Waals surface area contributed by atoms with Crippen LogP contribution in [-0.4, -0.2) is 12.4 Å². The summed E-state index contributed by atoms with van der Waals surface area (Å²) < 4.78 is 5.61. The van der Waals surface area contributed by atoms with Gasteiger partial charge in [-0.1, -0.05) is 31.0 Å². The summed E-state index contributed by atoms with van der Waals surface area (Å²) in [4.78, 5) is 12.3. The lowest BCUT2D eigenvalue weighted by atomic mass is 10.1. The van der Waals surface area contributed by atoms with Gasteiger partial charge in [-0.3, -0.25) is 4.79 Å². The lowest BCUT2D eigenvalue weighted by Crippen LogP contribution is -2.00. The fourth-order valence-corrected chi connectivity index (χ4v) is 2.75. The molecule has 2 aromatic carbocycles. The van der Waals surface area contributed by atoms with E-state index in [0.29, 0.717) is 12.2 Å². The molecule has 3 nitrogen and oxygen atoms in total. The van der Waals surface area contributed by atoms with Gasteiger partial charge in [-0.25, -0.2) is 0 Å². The van der Waals surface area contributed by atoms with E-state index in [9.17, 15) is 4.79 Å². The first-order valence-corrected chi connectivity index (χ1v) is 8.79. The number of aryl methyl sites for hydroxylation is 3. The van der Waals surface area contributed by atoms with E-state index in [1.165, 1.54) is 16.7 Å². The van der Waals surface area contributed by atoms with Crippen LogP contribution in [0.3, 0.4) is 0 Å². The van der Waals surface area contributed by atoms with Crippen molar-refractivity contribution in [2.75, 3.05) is 11.9 Å². The molecule has 0 heterocycles. The first-order chi connectivity index (χ1) is 12.0. The average Bonchev–Trinajstić information content (AvgIpc) is 2.58. The molecule has 0 saturated carbocycles. The maximum atomic E-state index is 12.3. The van der Waals surface area contributed by atoms with Gasteiger partial charge in [0, 0.05) is 23.5 Å². The summed E-state index contributed by atoms with van der Waals surface area (Å²) in [5, 5.41) is 3.23. The average molecular weight is 337 g/mol. The number of carbonyl (C=O) groups excluding carboxylic acids is 1. The number of anilines is 1. The van der Waals surface area contributed by atoms with Gasteiger partial charge in [0.05, 0.1) is 6.61 Å². The number of unbranched alkanes of at least 4 members (excludes halogenated alkanes) is 1. The monoisotopic (exact) mass is 337 g/mol. The van der Waals surface area contributed by atoms with Crippen LogP contribution < -0.4 is 10.1 Å². The van der Waals surface area contributed by atoms with Crippen LogP contribution in [0.2, 0.25) is 0 Å². The van der Waals surface area contributed by atoms with Gasteiger partial charge in [-0.2, -0.15) is 0 Å².